The van der Waals surface area contributed by atoms with Gasteiger partial charge in [-0.15, -0.1) is 0 Å². The smallest absolute Gasteiger partial charge is 0.0351 e. The van der Waals surface area contributed by atoms with Gasteiger partial charge in [-0.05, 0) is 41.3 Å². The third-order valence-electron chi connectivity index (χ3n) is 4.92. The standard InChI is InChI=1S/C19H31N/c1-6-20-18(17-9-7-8-14(17)2)15-10-12-16(13-11-15)19(3,4)5/h10-14,17-18,20H,6-9H2,1-5H3. The predicted octanol–water partition coefficient (Wildman–Crippen LogP) is 5.07. The minimum absolute atomic E-state index is 0.243. The molecule has 0 spiro atoms. The Morgan fingerprint density at radius 1 is 1.15 bits per heavy atom. The van der Waals surface area contributed by atoms with Gasteiger partial charge in [0, 0.05) is 6.04 Å². The Balaban J connectivity index is 2.21. The van der Waals surface area contributed by atoms with Crippen LogP contribution in [0, 0.1) is 11.8 Å². The molecule has 3 unspecified atom stereocenters. The van der Waals surface area contributed by atoms with Gasteiger partial charge in [-0.1, -0.05) is 71.7 Å². The molecule has 0 saturated heterocycles. The van der Waals surface area contributed by atoms with Crippen molar-refractivity contribution in [2.24, 2.45) is 11.8 Å². The lowest BCUT2D eigenvalue weighted by Gasteiger charge is -2.29. The van der Waals surface area contributed by atoms with Gasteiger partial charge >= 0.3 is 0 Å². The van der Waals surface area contributed by atoms with Gasteiger partial charge in [0.2, 0.25) is 0 Å². The summed E-state index contributed by atoms with van der Waals surface area (Å²) in [7, 11) is 0. The molecule has 0 amide bonds. The zero-order chi connectivity index (χ0) is 14.8. The number of hydrogen-bond acceptors (Lipinski definition) is 1. The van der Waals surface area contributed by atoms with Crippen LogP contribution in [0.15, 0.2) is 24.3 Å². The van der Waals surface area contributed by atoms with E-state index in [0.717, 1.165) is 18.4 Å². The highest BCUT2D eigenvalue weighted by atomic mass is 14.9. The van der Waals surface area contributed by atoms with Crippen molar-refractivity contribution in [3.05, 3.63) is 35.4 Å². The highest BCUT2D eigenvalue weighted by molar-refractivity contribution is 5.29. The molecule has 1 aliphatic rings. The van der Waals surface area contributed by atoms with E-state index in [9.17, 15) is 0 Å². The second-order valence-corrected chi connectivity index (χ2v) is 7.48. The summed E-state index contributed by atoms with van der Waals surface area (Å²) in [6.45, 7) is 12.5. The molecule has 1 N–H and O–H groups in total. The van der Waals surface area contributed by atoms with Crippen LogP contribution in [0.25, 0.3) is 0 Å². The zero-order valence-electron chi connectivity index (χ0n) is 13.9. The van der Waals surface area contributed by atoms with Gasteiger partial charge < -0.3 is 5.32 Å². The molecule has 1 aromatic carbocycles. The van der Waals surface area contributed by atoms with Gasteiger partial charge in [-0.3, -0.25) is 0 Å². The molecular formula is C19H31N. The summed E-state index contributed by atoms with van der Waals surface area (Å²) in [5.41, 5.74) is 3.14. The van der Waals surface area contributed by atoms with E-state index in [0.29, 0.717) is 6.04 Å². The van der Waals surface area contributed by atoms with Crippen LogP contribution < -0.4 is 5.32 Å². The fourth-order valence-electron chi connectivity index (χ4n) is 3.60. The lowest BCUT2D eigenvalue weighted by Crippen LogP contribution is -2.29. The third kappa shape index (κ3) is 3.44. The number of benzene rings is 1. The van der Waals surface area contributed by atoms with Crippen LogP contribution in [0.4, 0.5) is 0 Å². The average Bonchev–Trinajstić information content (AvgIpc) is 2.81. The summed E-state index contributed by atoms with van der Waals surface area (Å²) >= 11 is 0. The highest BCUT2D eigenvalue weighted by Crippen LogP contribution is 2.40. The first kappa shape index (κ1) is 15.6. The average molecular weight is 273 g/mol. The van der Waals surface area contributed by atoms with Crippen molar-refractivity contribution in [2.45, 2.75) is 65.3 Å². The monoisotopic (exact) mass is 273 g/mol. The molecule has 1 nitrogen and oxygen atoms in total. The maximum absolute atomic E-state index is 3.73. The summed E-state index contributed by atoms with van der Waals surface area (Å²) in [6, 6.07) is 9.86. The van der Waals surface area contributed by atoms with Crippen molar-refractivity contribution < 1.29 is 0 Å². The normalized spacial score (nSPS) is 24.9. The second-order valence-electron chi connectivity index (χ2n) is 7.48. The Hall–Kier alpha value is -0.820. The summed E-state index contributed by atoms with van der Waals surface area (Å²) < 4.78 is 0. The SMILES string of the molecule is CCNC(c1ccc(C(C)(C)C)cc1)C1CCCC1C. The number of nitrogens with one attached hydrogen (secondary N) is 1. The molecule has 1 aromatic rings. The molecule has 0 heterocycles. The van der Waals surface area contributed by atoms with E-state index < -0.39 is 0 Å². The third-order valence-corrected chi connectivity index (χ3v) is 4.92. The summed E-state index contributed by atoms with van der Waals surface area (Å²) in [6.07, 6.45) is 4.17. The van der Waals surface area contributed by atoms with Crippen LogP contribution in [0.3, 0.4) is 0 Å². The second kappa shape index (κ2) is 6.30. The number of hydrogen-bond donors (Lipinski definition) is 1. The van der Waals surface area contributed by atoms with Gasteiger partial charge in [0.05, 0.1) is 0 Å². The molecule has 20 heavy (non-hydrogen) atoms. The highest BCUT2D eigenvalue weighted by Gasteiger charge is 2.31. The van der Waals surface area contributed by atoms with Crippen molar-refractivity contribution in [2.75, 3.05) is 6.54 Å². The van der Waals surface area contributed by atoms with E-state index in [2.05, 4.69) is 64.2 Å². The minimum Gasteiger partial charge on any atom is -0.310 e. The molecular weight excluding hydrogens is 242 g/mol. The maximum atomic E-state index is 3.73. The van der Waals surface area contributed by atoms with Crippen molar-refractivity contribution in [3.63, 3.8) is 0 Å². The Kier molecular flexibility index (Phi) is 4.90. The van der Waals surface area contributed by atoms with Gasteiger partial charge in [-0.25, -0.2) is 0 Å². The van der Waals surface area contributed by atoms with E-state index in [4.69, 9.17) is 0 Å². The quantitative estimate of drug-likeness (QED) is 0.807. The Bertz CT molecular complexity index is 412. The topological polar surface area (TPSA) is 12.0 Å². The van der Waals surface area contributed by atoms with E-state index in [-0.39, 0.29) is 5.41 Å². The Morgan fingerprint density at radius 3 is 2.25 bits per heavy atom. The molecule has 0 radical (unpaired) electrons. The summed E-state index contributed by atoms with van der Waals surface area (Å²) in [5.74, 6) is 1.65. The lowest BCUT2D eigenvalue weighted by molar-refractivity contribution is 0.305. The van der Waals surface area contributed by atoms with Crippen molar-refractivity contribution in [3.8, 4) is 0 Å². The molecule has 0 aliphatic heterocycles. The molecule has 1 heteroatoms. The molecule has 0 bridgehead atoms. The molecule has 0 aromatic heterocycles. The zero-order valence-corrected chi connectivity index (χ0v) is 13.9. The first-order chi connectivity index (χ1) is 9.43. The van der Waals surface area contributed by atoms with Crippen LogP contribution in [0.5, 0.6) is 0 Å². The fraction of sp³-hybridized carbons (Fsp3) is 0.684. The van der Waals surface area contributed by atoms with Crippen LogP contribution in [-0.4, -0.2) is 6.54 Å². The summed E-state index contributed by atoms with van der Waals surface area (Å²) in [5, 5.41) is 3.73. The summed E-state index contributed by atoms with van der Waals surface area (Å²) in [4.78, 5) is 0. The van der Waals surface area contributed by atoms with E-state index in [1.807, 2.05) is 0 Å². The fourth-order valence-corrected chi connectivity index (χ4v) is 3.60. The van der Waals surface area contributed by atoms with Gasteiger partial charge in [0.15, 0.2) is 0 Å². The van der Waals surface area contributed by atoms with E-state index in [1.165, 1.54) is 30.4 Å². The van der Waals surface area contributed by atoms with Crippen molar-refractivity contribution in [1.82, 2.24) is 5.32 Å². The van der Waals surface area contributed by atoms with Gasteiger partial charge in [0.1, 0.15) is 0 Å². The molecule has 1 saturated carbocycles. The van der Waals surface area contributed by atoms with Crippen LogP contribution in [-0.2, 0) is 5.41 Å². The van der Waals surface area contributed by atoms with Crippen LogP contribution in [0.2, 0.25) is 0 Å². The van der Waals surface area contributed by atoms with Crippen LogP contribution in [0.1, 0.15) is 71.0 Å². The van der Waals surface area contributed by atoms with Crippen LogP contribution >= 0.6 is 0 Å². The minimum atomic E-state index is 0.243. The van der Waals surface area contributed by atoms with Crippen molar-refractivity contribution >= 4 is 0 Å². The van der Waals surface area contributed by atoms with Gasteiger partial charge in [-0.2, -0.15) is 0 Å². The molecule has 112 valence electrons. The molecule has 3 atom stereocenters. The van der Waals surface area contributed by atoms with Crippen molar-refractivity contribution in [1.29, 1.82) is 0 Å². The maximum Gasteiger partial charge on any atom is 0.0351 e. The largest absolute Gasteiger partial charge is 0.310 e. The first-order valence-electron chi connectivity index (χ1n) is 8.27. The molecule has 1 fully saturated rings. The van der Waals surface area contributed by atoms with E-state index in [1.54, 1.807) is 0 Å². The lowest BCUT2D eigenvalue weighted by atomic mass is 9.83. The Morgan fingerprint density at radius 2 is 1.80 bits per heavy atom. The Labute approximate surface area is 125 Å². The molecule has 2 rings (SSSR count). The van der Waals surface area contributed by atoms with E-state index >= 15 is 0 Å². The predicted molar refractivity (Wildman–Crippen MR) is 88.1 cm³/mol. The van der Waals surface area contributed by atoms with Gasteiger partial charge in [0.25, 0.3) is 0 Å². The molecule has 1 aliphatic carbocycles. The first-order valence-corrected chi connectivity index (χ1v) is 8.27. The number of rotatable bonds is 4.